The number of hydrogen-bond acceptors (Lipinski definition) is 4. The highest BCUT2D eigenvalue weighted by molar-refractivity contribution is 5.89. The summed E-state index contributed by atoms with van der Waals surface area (Å²) in [5, 5.41) is 0. The maximum Gasteiger partial charge on any atom is 0.416 e. The van der Waals surface area contributed by atoms with Crippen LogP contribution in [0.25, 0.3) is 0 Å². The summed E-state index contributed by atoms with van der Waals surface area (Å²) in [7, 11) is 1.32. The van der Waals surface area contributed by atoms with E-state index in [-0.39, 0.29) is 12.0 Å². The van der Waals surface area contributed by atoms with Gasteiger partial charge < -0.3 is 4.74 Å². The molecule has 0 fully saturated rings. The molecule has 0 bridgehead atoms. The molecule has 0 amide bonds. The van der Waals surface area contributed by atoms with Gasteiger partial charge in [-0.1, -0.05) is 26.0 Å². The Morgan fingerprint density at radius 1 is 1.30 bits per heavy atom. The molecule has 27 heavy (non-hydrogen) atoms. The van der Waals surface area contributed by atoms with E-state index in [1.54, 1.807) is 6.07 Å². The smallest absolute Gasteiger partial charge is 0.416 e. The van der Waals surface area contributed by atoms with Crippen LogP contribution in [0.3, 0.4) is 0 Å². The molecular formula is C20H21F3N2O2. The van der Waals surface area contributed by atoms with Gasteiger partial charge in [-0.2, -0.15) is 13.2 Å². The molecule has 7 heteroatoms. The fraction of sp³-hybridized carbons (Fsp3) is 0.400. The third-order valence-corrected chi connectivity index (χ3v) is 4.77. The first kappa shape index (κ1) is 19.4. The lowest BCUT2D eigenvalue weighted by Gasteiger charge is -2.27. The summed E-state index contributed by atoms with van der Waals surface area (Å²) in [5.74, 6) is -0.176. The number of halogens is 3. The van der Waals surface area contributed by atoms with E-state index in [1.807, 2.05) is 0 Å². The average molecular weight is 378 g/mol. The van der Waals surface area contributed by atoms with Crippen LogP contribution in [0.15, 0.2) is 36.5 Å². The number of nitrogens with zero attached hydrogens (tertiary/aromatic N) is 2. The minimum Gasteiger partial charge on any atom is -0.465 e. The summed E-state index contributed by atoms with van der Waals surface area (Å²) in [6, 6.07) is 7.06. The van der Waals surface area contributed by atoms with Crippen molar-refractivity contribution in [1.29, 1.82) is 0 Å². The lowest BCUT2D eigenvalue weighted by Crippen LogP contribution is -2.25. The molecule has 0 saturated carbocycles. The minimum absolute atomic E-state index is 0.0361. The number of aromatic nitrogens is 1. The van der Waals surface area contributed by atoms with Gasteiger partial charge in [0, 0.05) is 19.3 Å². The summed E-state index contributed by atoms with van der Waals surface area (Å²) in [5.41, 5.74) is 2.40. The van der Waals surface area contributed by atoms with E-state index < -0.39 is 17.7 Å². The molecule has 1 atom stereocenters. The van der Waals surface area contributed by atoms with Gasteiger partial charge in [0.1, 0.15) is 0 Å². The molecule has 4 nitrogen and oxygen atoms in total. The molecule has 0 spiro atoms. The summed E-state index contributed by atoms with van der Waals surface area (Å²) in [6.45, 7) is 5.24. The van der Waals surface area contributed by atoms with E-state index in [0.717, 1.165) is 29.0 Å². The largest absolute Gasteiger partial charge is 0.465 e. The van der Waals surface area contributed by atoms with Gasteiger partial charge in [0.05, 0.1) is 30.0 Å². The fourth-order valence-electron chi connectivity index (χ4n) is 3.56. The van der Waals surface area contributed by atoms with Crippen LogP contribution >= 0.6 is 0 Å². The molecule has 0 radical (unpaired) electrons. The Morgan fingerprint density at radius 2 is 1.96 bits per heavy atom. The van der Waals surface area contributed by atoms with Gasteiger partial charge in [-0.25, -0.2) is 4.79 Å². The minimum atomic E-state index is -4.34. The van der Waals surface area contributed by atoms with Gasteiger partial charge in [0.15, 0.2) is 0 Å². The van der Waals surface area contributed by atoms with Crippen molar-refractivity contribution in [3.05, 3.63) is 64.5 Å². The Kier molecular flexibility index (Phi) is 5.24. The zero-order valence-corrected chi connectivity index (χ0v) is 15.4. The van der Waals surface area contributed by atoms with Crippen molar-refractivity contribution in [2.24, 2.45) is 5.92 Å². The first-order valence-electron chi connectivity index (χ1n) is 8.68. The van der Waals surface area contributed by atoms with Crippen molar-refractivity contribution < 1.29 is 22.7 Å². The second-order valence-corrected chi connectivity index (χ2v) is 7.05. The van der Waals surface area contributed by atoms with Crippen LogP contribution < -0.4 is 0 Å². The number of carbonyl (C=O) groups excluding carboxylic acids is 1. The van der Waals surface area contributed by atoms with Crippen LogP contribution in [0.5, 0.6) is 0 Å². The number of benzene rings is 1. The molecule has 144 valence electrons. The molecule has 0 N–H and O–H groups in total. The second-order valence-electron chi connectivity index (χ2n) is 7.05. The number of fused-ring (bicyclic) bond motifs is 1. The summed E-state index contributed by atoms with van der Waals surface area (Å²) >= 11 is 0. The summed E-state index contributed by atoms with van der Waals surface area (Å²) < 4.78 is 43.0. The predicted octanol–water partition coefficient (Wildman–Crippen LogP) is 4.60. The van der Waals surface area contributed by atoms with Crippen LogP contribution in [0, 0.1) is 5.92 Å². The van der Waals surface area contributed by atoms with E-state index in [2.05, 4.69) is 23.7 Å². The number of hydrogen-bond donors (Lipinski definition) is 0. The van der Waals surface area contributed by atoms with Crippen LogP contribution in [0.1, 0.15) is 52.6 Å². The predicted molar refractivity (Wildman–Crippen MR) is 93.8 cm³/mol. The molecule has 0 unspecified atom stereocenters. The number of esters is 1. The standard InChI is InChI=1S/C20H21F3N2O2/c1-12(2)18-17-15(8-14(9-24-17)19(26)27-3)11-25(18)10-13-4-6-16(7-5-13)20(21,22)23/h4-9,12,18H,10-11H2,1-3H3/t18-/m0/s1. The van der Waals surface area contributed by atoms with Crippen LogP contribution in [-0.2, 0) is 24.0 Å². The zero-order chi connectivity index (χ0) is 19.8. The molecule has 1 aliphatic rings. The lowest BCUT2D eigenvalue weighted by molar-refractivity contribution is -0.137. The van der Waals surface area contributed by atoms with Gasteiger partial charge in [0.2, 0.25) is 0 Å². The van der Waals surface area contributed by atoms with E-state index in [1.165, 1.54) is 25.4 Å². The van der Waals surface area contributed by atoms with Crippen LogP contribution in [0.4, 0.5) is 13.2 Å². The molecule has 2 heterocycles. The van der Waals surface area contributed by atoms with Crippen molar-refractivity contribution in [3.63, 3.8) is 0 Å². The first-order valence-corrected chi connectivity index (χ1v) is 8.68. The van der Waals surface area contributed by atoms with E-state index in [9.17, 15) is 18.0 Å². The number of methoxy groups -OCH3 is 1. The number of carbonyl (C=O) groups is 1. The maximum atomic E-state index is 12.7. The Bertz CT molecular complexity index is 832. The summed E-state index contributed by atoms with van der Waals surface area (Å²) in [6.07, 6.45) is -2.82. The van der Waals surface area contributed by atoms with Crippen molar-refractivity contribution in [3.8, 4) is 0 Å². The summed E-state index contributed by atoms with van der Waals surface area (Å²) in [4.78, 5) is 18.4. The highest BCUT2D eigenvalue weighted by Crippen LogP contribution is 2.39. The Balaban J connectivity index is 1.84. The highest BCUT2D eigenvalue weighted by Gasteiger charge is 2.35. The van der Waals surface area contributed by atoms with Gasteiger partial charge >= 0.3 is 12.1 Å². The van der Waals surface area contributed by atoms with Crippen molar-refractivity contribution in [2.45, 2.75) is 39.2 Å². The average Bonchev–Trinajstić information content (AvgIpc) is 2.97. The first-order chi connectivity index (χ1) is 12.7. The SMILES string of the molecule is COC(=O)c1cnc2c(c1)CN(Cc1ccc(C(F)(F)F)cc1)[C@H]2C(C)C. The molecule has 1 aromatic carbocycles. The van der Waals surface area contributed by atoms with Gasteiger partial charge in [-0.15, -0.1) is 0 Å². The number of ether oxygens (including phenoxy) is 1. The Hall–Kier alpha value is -2.41. The lowest BCUT2D eigenvalue weighted by atomic mass is 9.99. The molecule has 2 aromatic rings. The molecular weight excluding hydrogens is 357 g/mol. The van der Waals surface area contributed by atoms with E-state index in [0.29, 0.717) is 18.7 Å². The molecule has 1 aromatic heterocycles. The molecule has 1 aliphatic heterocycles. The zero-order valence-electron chi connectivity index (χ0n) is 15.4. The Labute approximate surface area is 156 Å². The topological polar surface area (TPSA) is 42.4 Å². The van der Waals surface area contributed by atoms with Gasteiger partial charge in [-0.3, -0.25) is 9.88 Å². The molecule has 3 rings (SSSR count). The molecule has 0 aliphatic carbocycles. The van der Waals surface area contributed by atoms with Gasteiger partial charge in [0.25, 0.3) is 0 Å². The maximum absolute atomic E-state index is 12.7. The van der Waals surface area contributed by atoms with E-state index >= 15 is 0 Å². The van der Waals surface area contributed by atoms with Crippen molar-refractivity contribution in [1.82, 2.24) is 9.88 Å². The number of pyridine rings is 1. The fourth-order valence-corrected chi connectivity index (χ4v) is 3.56. The highest BCUT2D eigenvalue weighted by atomic mass is 19.4. The van der Waals surface area contributed by atoms with Crippen LogP contribution in [-0.4, -0.2) is 23.0 Å². The van der Waals surface area contributed by atoms with Crippen molar-refractivity contribution >= 4 is 5.97 Å². The Morgan fingerprint density at radius 3 is 2.52 bits per heavy atom. The van der Waals surface area contributed by atoms with Crippen LogP contribution in [0.2, 0.25) is 0 Å². The normalized spacial score (nSPS) is 17.2. The number of alkyl halides is 3. The van der Waals surface area contributed by atoms with Crippen molar-refractivity contribution in [2.75, 3.05) is 7.11 Å². The molecule has 0 saturated heterocycles. The van der Waals surface area contributed by atoms with Gasteiger partial charge in [-0.05, 0) is 35.2 Å². The quantitative estimate of drug-likeness (QED) is 0.730. The van der Waals surface area contributed by atoms with E-state index in [4.69, 9.17) is 4.74 Å². The third-order valence-electron chi connectivity index (χ3n) is 4.77. The monoisotopic (exact) mass is 378 g/mol. The number of rotatable bonds is 4. The third kappa shape index (κ3) is 3.98. The second kappa shape index (κ2) is 7.31.